The highest BCUT2D eigenvalue weighted by Crippen LogP contribution is 2.11. The van der Waals surface area contributed by atoms with Crippen molar-refractivity contribution in [3.63, 3.8) is 0 Å². The van der Waals surface area contributed by atoms with Crippen LogP contribution in [0.2, 0.25) is 0 Å². The maximum Gasteiger partial charge on any atom is 0.328 e. The SMILES string of the molecule is C#Cc1ccc(C(=O)N[C@H](Cc2cnc[nH]2)C(=O)OC)c(C=O)c1. The van der Waals surface area contributed by atoms with Crippen LogP contribution in [0.1, 0.15) is 32.0 Å². The van der Waals surface area contributed by atoms with E-state index >= 15 is 0 Å². The number of aromatic amines is 1. The fraction of sp³-hybridized carbons (Fsp3) is 0.176. The molecule has 1 heterocycles. The van der Waals surface area contributed by atoms with Gasteiger partial charge in [-0.3, -0.25) is 9.59 Å². The maximum atomic E-state index is 12.4. The largest absolute Gasteiger partial charge is 0.467 e. The molecule has 1 atom stereocenters. The smallest absolute Gasteiger partial charge is 0.328 e. The predicted molar refractivity (Wildman–Crippen MR) is 85.3 cm³/mol. The number of ether oxygens (including phenoxy) is 1. The number of methoxy groups -OCH3 is 1. The van der Waals surface area contributed by atoms with Crippen LogP contribution < -0.4 is 5.32 Å². The highest BCUT2D eigenvalue weighted by Gasteiger charge is 2.24. The molecule has 0 spiro atoms. The molecule has 0 bridgehead atoms. The van der Waals surface area contributed by atoms with Gasteiger partial charge in [0, 0.05) is 35.0 Å². The highest BCUT2D eigenvalue weighted by molar-refractivity contribution is 6.03. The summed E-state index contributed by atoms with van der Waals surface area (Å²) in [6.07, 6.45) is 9.00. The fourth-order valence-corrected chi connectivity index (χ4v) is 2.14. The summed E-state index contributed by atoms with van der Waals surface area (Å²) in [6, 6.07) is 3.50. The molecule has 122 valence electrons. The van der Waals surface area contributed by atoms with E-state index in [1.165, 1.54) is 25.6 Å². The molecule has 0 unspecified atom stereocenters. The number of hydrogen-bond donors (Lipinski definition) is 2. The third kappa shape index (κ3) is 3.87. The number of benzene rings is 1. The number of esters is 1. The number of aldehydes is 1. The first-order chi connectivity index (χ1) is 11.6. The fourth-order valence-electron chi connectivity index (χ4n) is 2.14. The third-order valence-corrected chi connectivity index (χ3v) is 3.36. The summed E-state index contributed by atoms with van der Waals surface area (Å²) in [4.78, 5) is 42.2. The lowest BCUT2D eigenvalue weighted by molar-refractivity contribution is -0.142. The van der Waals surface area contributed by atoms with E-state index in [2.05, 4.69) is 21.2 Å². The Balaban J connectivity index is 2.22. The van der Waals surface area contributed by atoms with Crippen LogP contribution in [-0.2, 0) is 16.0 Å². The first-order valence-corrected chi connectivity index (χ1v) is 7.00. The van der Waals surface area contributed by atoms with Crippen LogP contribution in [0.3, 0.4) is 0 Å². The van der Waals surface area contributed by atoms with Gasteiger partial charge in [0.1, 0.15) is 6.04 Å². The number of rotatable bonds is 6. The number of imidazole rings is 1. The highest BCUT2D eigenvalue weighted by atomic mass is 16.5. The molecular weight excluding hydrogens is 310 g/mol. The van der Waals surface area contributed by atoms with E-state index in [0.29, 0.717) is 17.5 Å². The van der Waals surface area contributed by atoms with Crippen molar-refractivity contribution in [1.82, 2.24) is 15.3 Å². The third-order valence-electron chi connectivity index (χ3n) is 3.36. The van der Waals surface area contributed by atoms with Crippen LogP contribution in [0.25, 0.3) is 0 Å². The number of carbonyl (C=O) groups excluding carboxylic acids is 3. The van der Waals surface area contributed by atoms with Crippen molar-refractivity contribution in [3.05, 3.63) is 53.1 Å². The van der Waals surface area contributed by atoms with Crippen molar-refractivity contribution < 1.29 is 19.1 Å². The van der Waals surface area contributed by atoms with Crippen molar-refractivity contribution in [2.75, 3.05) is 7.11 Å². The van der Waals surface area contributed by atoms with Crippen molar-refractivity contribution >= 4 is 18.2 Å². The summed E-state index contributed by atoms with van der Waals surface area (Å²) >= 11 is 0. The van der Waals surface area contributed by atoms with E-state index < -0.39 is 17.9 Å². The zero-order chi connectivity index (χ0) is 17.5. The second-order valence-electron chi connectivity index (χ2n) is 4.89. The molecule has 1 aromatic carbocycles. The summed E-state index contributed by atoms with van der Waals surface area (Å²) < 4.78 is 4.71. The molecule has 2 aromatic rings. The van der Waals surface area contributed by atoms with Gasteiger partial charge in [-0.1, -0.05) is 5.92 Å². The number of terminal acetylenes is 1. The Labute approximate surface area is 138 Å². The molecule has 0 aliphatic rings. The lowest BCUT2D eigenvalue weighted by atomic mass is 10.0. The Morgan fingerprint density at radius 3 is 2.88 bits per heavy atom. The van der Waals surface area contributed by atoms with Gasteiger partial charge in [0.25, 0.3) is 5.91 Å². The average molecular weight is 325 g/mol. The molecule has 7 nitrogen and oxygen atoms in total. The first-order valence-electron chi connectivity index (χ1n) is 7.00. The monoisotopic (exact) mass is 325 g/mol. The number of nitrogens with one attached hydrogen (secondary N) is 2. The quantitative estimate of drug-likeness (QED) is 0.463. The Bertz CT molecular complexity index is 791. The zero-order valence-electron chi connectivity index (χ0n) is 12.9. The van der Waals surface area contributed by atoms with Crippen LogP contribution in [0.5, 0.6) is 0 Å². The van der Waals surface area contributed by atoms with Crippen LogP contribution in [-0.4, -0.2) is 41.3 Å². The number of nitrogens with zero attached hydrogens (tertiary/aromatic N) is 1. The summed E-state index contributed by atoms with van der Waals surface area (Å²) in [5.41, 5.74) is 1.41. The number of H-pyrrole nitrogens is 1. The van der Waals surface area contributed by atoms with Gasteiger partial charge in [-0.05, 0) is 18.2 Å². The number of aromatic nitrogens is 2. The van der Waals surface area contributed by atoms with Crippen LogP contribution in [0.15, 0.2) is 30.7 Å². The van der Waals surface area contributed by atoms with Crippen LogP contribution in [0.4, 0.5) is 0 Å². The Kier molecular flexibility index (Phi) is 5.47. The van der Waals surface area contributed by atoms with E-state index in [1.807, 2.05) is 0 Å². The van der Waals surface area contributed by atoms with Crippen LogP contribution >= 0.6 is 0 Å². The lowest BCUT2D eigenvalue weighted by Crippen LogP contribution is -2.43. The second kappa shape index (κ2) is 7.74. The summed E-state index contributed by atoms with van der Waals surface area (Å²) in [5, 5.41) is 2.56. The Hall–Kier alpha value is -3.40. The minimum atomic E-state index is -0.922. The Morgan fingerprint density at radius 1 is 1.50 bits per heavy atom. The summed E-state index contributed by atoms with van der Waals surface area (Å²) in [6.45, 7) is 0. The average Bonchev–Trinajstić information content (AvgIpc) is 3.12. The van der Waals surface area contributed by atoms with Gasteiger partial charge >= 0.3 is 5.97 Å². The van der Waals surface area contributed by atoms with Crippen molar-refractivity contribution in [2.24, 2.45) is 0 Å². The zero-order valence-corrected chi connectivity index (χ0v) is 12.9. The normalized spacial score (nSPS) is 11.2. The molecule has 7 heteroatoms. The van der Waals surface area contributed by atoms with E-state index in [-0.39, 0.29) is 17.5 Å². The minimum Gasteiger partial charge on any atom is -0.467 e. The standard InChI is InChI=1S/C17H15N3O4/c1-3-11-4-5-14(12(6-11)9-21)16(22)20-15(17(23)24-2)7-13-8-18-10-19-13/h1,4-6,8-10,15H,7H2,2H3,(H,18,19)(H,20,22)/t15-/m1/s1. The molecule has 0 aliphatic carbocycles. The Morgan fingerprint density at radius 2 is 2.29 bits per heavy atom. The minimum absolute atomic E-state index is 0.127. The molecule has 0 aliphatic heterocycles. The van der Waals surface area contributed by atoms with Gasteiger partial charge in [-0.2, -0.15) is 0 Å². The number of carbonyl (C=O) groups is 3. The topological polar surface area (TPSA) is 101 Å². The van der Waals surface area contributed by atoms with Crippen molar-refractivity contribution in [2.45, 2.75) is 12.5 Å². The molecule has 0 fully saturated rings. The van der Waals surface area contributed by atoms with Crippen molar-refractivity contribution in [1.29, 1.82) is 0 Å². The molecule has 2 N–H and O–H groups in total. The molecule has 2 rings (SSSR count). The van der Waals surface area contributed by atoms with Gasteiger partial charge in [0.05, 0.1) is 13.4 Å². The number of hydrogen-bond acceptors (Lipinski definition) is 5. The molecule has 1 amide bonds. The number of amides is 1. The molecule has 0 radical (unpaired) electrons. The maximum absolute atomic E-state index is 12.4. The first kappa shape index (κ1) is 17.0. The van der Waals surface area contributed by atoms with E-state index in [9.17, 15) is 14.4 Å². The molecule has 24 heavy (non-hydrogen) atoms. The molecule has 0 saturated heterocycles. The van der Waals surface area contributed by atoms with Crippen LogP contribution in [0, 0.1) is 12.3 Å². The molecule has 0 saturated carbocycles. The van der Waals surface area contributed by atoms with Gasteiger partial charge in [-0.25, -0.2) is 9.78 Å². The van der Waals surface area contributed by atoms with Gasteiger partial charge in [0.15, 0.2) is 6.29 Å². The summed E-state index contributed by atoms with van der Waals surface area (Å²) in [5.74, 6) is 1.21. The lowest BCUT2D eigenvalue weighted by Gasteiger charge is -2.16. The molecule has 1 aromatic heterocycles. The van der Waals surface area contributed by atoms with Gasteiger partial charge in [-0.15, -0.1) is 6.42 Å². The summed E-state index contributed by atoms with van der Waals surface area (Å²) in [7, 11) is 1.23. The predicted octanol–water partition coefficient (Wildman–Crippen LogP) is 0.718. The van der Waals surface area contributed by atoms with Crippen molar-refractivity contribution in [3.8, 4) is 12.3 Å². The van der Waals surface area contributed by atoms with Gasteiger partial charge in [0.2, 0.25) is 0 Å². The van der Waals surface area contributed by atoms with Gasteiger partial charge < -0.3 is 15.0 Å². The molecular formula is C17H15N3O4. The van der Waals surface area contributed by atoms with E-state index in [0.717, 1.165) is 0 Å². The van der Waals surface area contributed by atoms with E-state index in [4.69, 9.17) is 11.2 Å². The second-order valence-corrected chi connectivity index (χ2v) is 4.89. The van der Waals surface area contributed by atoms with E-state index in [1.54, 1.807) is 12.3 Å².